The fourth-order valence-electron chi connectivity index (χ4n) is 5.60. The highest BCUT2D eigenvalue weighted by atomic mass is 32.1. The second-order valence-electron chi connectivity index (χ2n) is 10.0. The number of amides is 1. The van der Waals surface area contributed by atoms with Gasteiger partial charge in [0.25, 0.3) is 5.91 Å². The lowest BCUT2D eigenvalue weighted by Gasteiger charge is -2.27. The lowest BCUT2D eigenvalue weighted by molar-refractivity contribution is 0.0724. The molecule has 4 nitrogen and oxygen atoms in total. The predicted octanol–water partition coefficient (Wildman–Crippen LogP) is 6.40. The average molecular weight is 473 g/mol. The van der Waals surface area contributed by atoms with E-state index in [-0.39, 0.29) is 12.5 Å². The van der Waals surface area contributed by atoms with Gasteiger partial charge in [-0.1, -0.05) is 18.2 Å². The number of fused-ring (bicyclic) bond motifs is 2. The molecule has 5 heteroatoms. The maximum Gasteiger partial charge on any atom is 0.253 e. The van der Waals surface area contributed by atoms with Crippen LogP contribution < -0.4 is 0 Å². The molecule has 0 atom stereocenters. The average Bonchev–Trinajstić information content (AvgIpc) is 3.53. The number of nitrogens with zero attached hydrogens (tertiary/aromatic N) is 2. The van der Waals surface area contributed by atoms with E-state index in [9.17, 15) is 9.90 Å². The third-order valence-electron chi connectivity index (χ3n) is 7.56. The Kier molecular flexibility index (Phi) is 5.70. The summed E-state index contributed by atoms with van der Waals surface area (Å²) in [6, 6.07) is 15.2. The van der Waals surface area contributed by atoms with E-state index in [2.05, 4.69) is 47.9 Å². The van der Waals surface area contributed by atoms with Crippen molar-refractivity contribution in [2.75, 3.05) is 19.7 Å². The number of hydrogen-bond acceptors (Lipinski definition) is 3. The molecule has 1 saturated heterocycles. The second kappa shape index (κ2) is 8.86. The second-order valence-corrected chi connectivity index (χ2v) is 11.1. The quantitative estimate of drug-likeness (QED) is 0.353. The Morgan fingerprint density at radius 1 is 1.09 bits per heavy atom. The number of para-hydroxylation sites is 1. The van der Waals surface area contributed by atoms with E-state index >= 15 is 0 Å². The van der Waals surface area contributed by atoms with Crippen LogP contribution in [0.2, 0.25) is 0 Å². The van der Waals surface area contributed by atoms with Crippen LogP contribution in [0.25, 0.3) is 31.6 Å². The lowest BCUT2D eigenvalue weighted by atomic mass is 9.99. The number of hydrogen-bond donors (Lipinski definition) is 1. The molecule has 0 unspecified atom stereocenters. The molecule has 1 saturated carbocycles. The van der Waals surface area contributed by atoms with Crippen molar-refractivity contribution in [3.63, 3.8) is 0 Å². The number of piperidine rings is 1. The van der Waals surface area contributed by atoms with Gasteiger partial charge in [-0.3, -0.25) is 4.79 Å². The van der Waals surface area contributed by atoms with Gasteiger partial charge in [-0.05, 0) is 92.1 Å². The summed E-state index contributed by atoms with van der Waals surface area (Å²) in [6.07, 6.45) is 6.59. The summed E-state index contributed by atoms with van der Waals surface area (Å²) >= 11 is 1.80. The Hall–Kier alpha value is -2.63. The first-order valence-electron chi connectivity index (χ1n) is 12.7. The van der Waals surface area contributed by atoms with Crippen molar-refractivity contribution in [1.29, 1.82) is 0 Å². The smallest absolute Gasteiger partial charge is 0.253 e. The normalized spacial score (nSPS) is 16.6. The fourth-order valence-corrected chi connectivity index (χ4v) is 6.92. The molecule has 6 rings (SSSR count). The molecule has 4 aromatic rings. The molecule has 1 aliphatic heterocycles. The molecule has 0 bridgehead atoms. The molecule has 1 N–H and O–H groups in total. The maximum atomic E-state index is 13.3. The van der Waals surface area contributed by atoms with Crippen LogP contribution in [0, 0.1) is 12.8 Å². The number of aromatic nitrogens is 1. The zero-order chi connectivity index (χ0) is 23.2. The Labute approximate surface area is 204 Å². The zero-order valence-corrected chi connectivity index (χ0v) is 20.7. The van der Waals surface area contributed by atoms with Crippen molar-refractivity contribution in [2.45, 2.75) is 52.0 Å². The van der Waals surface area contributed by atoms with Crippen molar-refractivity contribution >= 4 is 38.2 Å². The summed E-state index contributed by atoms with van der Waals surface area (Å²) in [5.41, 5.74) is 5.71. The number of carbonyl (C=O) groups is 1. The highest BCUT2D eigenvalue weighted by Gasteiger charge is 2.26. The highest BCUT2D eigenvalue weighted by molar-refractivity contribution is 7.22. The molecular formula is C29H32N2O2S. The van der Waals surface area contributed by atoms with Crippen LogP contribution >= 0.6 is 11.3 Å². The molecule has 0 radical (unpaired) electrons. The molecular weight excluding hydrogens is 440 g/mol. The molecule has 176 valence electrons. The van der Waals surface area contributed by atoms with Crippen LogP contribution in [0.1, 0.15) is 53.6 Å². The van der Waals surface area contributed by atoms with Crippen molar-refractivity contribution < 1.29 is 9.90 Å². The molecule has 2 fully saturated rings. The minimum absolute atomic E-state index is 0.0863. The van der Waals surface area contributed by atoms with E-state index in [1.165, 1.54) is 51.7 Å². The number of thiophene rings is 1. The topological polar surface area (TPSA) is 45.5 Å². The van der Waals surface area contributed by atoms with Gasteiger partial charge in [0, 0.05) is 47.4 Å². The van der Waals surface area contributed by atoms with Crippen LogP contribution in [-0.4, -0.2) is 40.2 Å². The van der Waals surface area contributed by atoms with Crippen molar-refractivity contribution in [1.82, 2.24) is 9.47 Å². The van der Waals surface area contributed by atoms with E-state index in [4.69, 9.17) is 0 Å². The van der Waals surface area contributed by atoms with Crippen molar-refractivity contribution in [3.8, 4) is 10.6 Å². The van der Waals surface area contributed by atoms with Gasteiger partial charge in [0.05, 0.1) is 10.6 Å². The fraction of sp³-hybridized carbons (Fsp3) is 0.414. The molecule has 2 aromatic heterocycles. The van der Waals surface area contributed by atoms with Gasteiger partial charge >= 0.3 is 0 Å². The highest BCUT2D eigenvalue weighted by Crippen LogP contribution is 2.43. The number of aryl methyl sites for hydroxylation is 1. The first-order chi connectivity index (χ1) is 16.6. The molecule has 1 aliphatic carbocycles. The van der Waals surface area contributed by atoms with E-state index < -0.39 is 0 Å². The minimum Gasteiger partial charge on any atom is -0.396 e. The number of likely N-dealkylation sites (tertiary alicyclic amines) is 1. The Morgan fingerprint density at radius 2 is 1.88 bits per heavy atom. The van der Waals surface area contributed by atoms with E-state index in [0.29, 0.717) is 6.42 Å². The molecule has 2 aliphatic rings. The van der Waals surface area contributed by atoms with Gasteiger partial charge in [0.2, 0.25) is 0 Å². The third-order valence-corrected chi connectivity index (χ3v) is 8.83. The van der Waals surface area contributed by atoms with Crippen molar-refractivity contribution in [3.05, 3.63) is 59.2 Å². The van der Waals surface area contributed by atoms with Gasteiger partial charge in [0.15, 0.2) is 0 Å². The lowest BCUT2D eigenvalue weighted by Crippen LogP contribution is -2.35. The third kappa shape index (κ3) is 3.85. The number of aliphatic hydroxyl groups excluding tert-OH is 1. The van der Waals surface area contributed by atoms with E-state index in [1.54, 1.807) is 11.3 Å². The van der Waals surface area contributed by atoms with Crippen LogP contribution in [0.4, 0.5) is 0 Å². The largest absolute Gasteiger partial charge is 0.396 e. The number of carbonyl (C=O) groups excluding carboxylic acids is 1. The van der Waals surface area contributed by atoms with Gasteiger partial charge < -0.3 is 14.6 Å². The number of aliphatic hydroxyl groups is 1. The van der Waals surface area contributed by atoms with E-state index in [0.717, 1.165) is 54.2 Å². The van der Waals surface area contributed by atoms with Gasteiger partial charge in [-0.2, -0.15) is 0 Å². The van der Waals surface area contributed by atoms with Crippen molar-refractivity contribution in [2.24, 2.45) is 5.92 Å². The molecule has 0 spiro atoms. The number of rotatable bonds is 6. The summed E-state index contributed by atoms with van der Waals surface area (Å²) in [4.78, 5) is 16.6. The first-order valence-corrected chi connectivity index (χ1v) is 13.5. The standard InChI is InChI=1S/C29H32N2O2S/c1-19-27-22(11-14-32)15-23(29(33)30-12-5-2-6-13-30)17-26(27)34-28(19)25-16-21-7-3-4-8-24(21)31(25)18-20-9-10-20/h3-4,7-8,15-17,20,32H,2,5-6,9-14,18H2,1H3. The van der Waals surface area contributed by atoms with Crippen LogP contribution in [0.5, 0.6) is 0 Å². The predicted molar refractivity (Wildman–Crippen MR) is 141 cm³/mol. The molecule has 34 heavy (non-hydrogen) atoms. The summed E-state index contributed by atoms with van der Waals surface area (Å²) in [7, 11) is 0. The number of benzene rings is 2. The first kappa shape index (κ1) is 21.9. The Bertz CT molecular complexity index is 1370. The monoisotopic (exact) mass is 472 g/mol. The van der Waals surface area contributed by atoms with Gasteiger partial charge in [-0.25, -0.2) is 0 Å². The zero-order valence-electron chi connectivity index (χ0n) is 19.8. The van der Waals surface area contributed by atoms with Gasteiger partial charge in [-0.15, -0.1) is 11.3 Å². The summed E-state index contributed by atoms with van der Waals surface area (Å²) in [5, 5.41) is 12.3. The molecule has 1 amide bonds. The van der Waals surface area contributed by atoms with E-state index in [1.807, 2.05) is 11.0 Å². The Morgan fingerprint density at radius 3 is 2.65 bits per heavy atom. The molecule has 2 aromatic carbocycles. The van der Waals surface area contributed by atoms with Crippen LogP contribution in [0.15, 0.2) is 42.5 Å². The summed E-state index contributed by atoms with van der Waals surface area (Å²) in [6.45, 7) is 5.06. The Balaban J connectivity index is 1.50. The molecule has 3 heterocycles. The minimum atomic E-state index is 0.0863. The van der Waals surface area contributed by atoms with Gasteiger partial charge in [0.1, 0.15) is 0 Å². The van der Waals surface area contributed by atoms with Crippen LogP contribution in [0.3, 0.4) is 0 Å². The SMILES string of the molecule is Cc1c(-c2cc3ccccc3n2CC2CC2)sc2cc(C(=O)N3CCCCC3)cc(CCO)c12. The summed E-state index contributed by atoms with van der Waals surface area (Å²) in [5.74, 6) is 0.916. The summed E-state index contributed by atoms with van der Waals surface area (Å²) < 4.78 is 3.66. The maximum absolute atomic E-state index is 13.3. The van der Waals surface area contributed by atoms with Crippen LogP contribution in [-0.2, 0) is 13.0 Å².